The summed E-state index contributed by atoms with van der Waals surface area (Å²) in [6.07, 6.45) is 12.7. The lowest BCUT2D eigenvalue weighted by Crippen LogP contribution is -2.20. The van der Waals surface area contributed by atoms with E-state index in [1.165, 1.54) is 0 Å². The van der Waals surface area contributed by atoms with Crippen molar-refractivity contribution in [3.63, 3.8) is 0 Å². The van der Waals surface area contributed by atoms with Gasteiger partial charge in [0.2, 0.25) is 0 Å². The minimum Gasteiger partial charge on any atom is -0.396 e. The van der Waals surface area contributed by atoms with Gasteiger partial charge in [-0.1, -0.05) is 0 Å². The standard InChI is InChI=1S/C9H16O3.C5H8O/c1-4-5-6-7-12-8-9(10-2)11-3;1-2-3-4-5-6/h1,9H,5-8H2,2-3H3;1,6H,3-5H2. The van der Waals surface area contributed by atoms with Gasteiger partial charge in [0.05, 0.1) is 6.61 Å². The molecule has 1 N–H and O–H groups in total. The Bertz CT molecular complexity index is 223. The molecule has 0 aliphatic rings. The molecule has 4 nitrogen and oxygen atoms in total. The minimum absolute atomic E-state index is 0.212. The fraction of sp³-hybridized carbons (Fsp3) is 0.714. The molecule has 0 aliphatic heterocycles. The molecule has 0 atom stereocenters. The maximum atomic E-state index is 8.10. The summed E-state index contributed by atoms with van der Waals surface area (Å²) in [6, 6.07) is 0. The lowest BCUT2D eigenvalue weighted by Gasteiger charge is -2.12. The summed E-state index contributed by atoms with van der Waals surface area (Å²) < 4.78 is 15.1. The molecule has 0 rings (SSSR count). The Hall–Kier alpha value is -1.04. The largest absolute Gasteiger partial charge is 0.396 e. The number of ether oxygens (including phenoxy) is 3. The van der Waals surface area contributed by atoms with Crippen molar-refractivity contribution in [2.75, 3.05) is 34.0 Å². The van der Waals surface area contributed by atoms with Crippen LogP contribution in [0, 0.1) is 24.7 Å². The molecule has 18 heavy (non-hydrogen) atoms. The number of methoxy groups -OCH3 is 2. The molecule has 0 fully saturated rings. The third-order valence-electron chi connectivity index (χ3n) is 1.87. The lowest BCUT2D eigenvalue weighted by molar-refractivity contribution is -0.140. The second kappa shape index (κ2) is 18.3. The number of terminal acetylenes is 2. The van der Waals surface area contributed by atoms with E-state index in [2.05, 4.69) is 11.8 Å². The number of rotatable bonds is 9. The van der Waals surface area contributed by atoms with Gasteiger partial charge in [-0.25, -0.2) is 0 Å². The van der Waals surface area contributed by atoms with Crippen LogP contribution in [-0.2, 0) is 14.2 Å². The Balaban J connectivity index is 0. The van der Waals surface area contributed by atoms with Crippen molar-refractivity contribution >= 4 is 0 Å². The van der Waals surface area contributed by atoms with Crippen molar-refractivity contribution in [1.29, 1.82) is 0 Å². The Kier molecular flexibility index (Phi) is 19.7. The predicted molar refractivity (Wildman–Crippen MR) is 71.8 cm³/mol. The summed E-state index contributed by atoms with van der Waals surface area (Å²) >= 11 is 0. The van der Waals surface area contributed by atoms with Crippen molar-refractivity contribution < 1.29 is 19.3 Å². The zero-order chi connectivity index (χ0) is 14.1. The van der Waals surface area contributed by atoms with Crippen LogP contribution in [0.3, 0.4) is 0 Å². The van der Waals surface area contributed by atoms with E-state index < -0.39 is 0 Å². The van der Waals surface area contributed by atoms with E-state index in [0.717, 1.165) is 19.3 Å². The topological polar surface area (TPSA) is 47.9 Å². The molecule has 4 heteroatoms. The molecule has 0 saturated carbocycles. The normalized spacial score (nSPS) is 9.22. The number of aliphatic hydroxyl groups is 1. The fourth-order valence-corrected chi connectivity index (χ4v) is 0.869. The number of unbranched alkanes of at least 4 members (excludes halogenated alkanes) is 2. The first-order valence-electron chi connectivity index (χ1n) is 5.87. The van der Waals surface area contributed by atoms with Crippen LogP contribution < -0.4 is 0 Å². The molecule has 104 valence electrons. The summed E-state index contributed by atoms with van der Waals surface area (Å²) in [7, 11) is 3.16. The van der Waals surface area contributed by atoms with Crippen molar-refractivity contribution in [3.05, 3.63) is 0 Å². The number of aliphatic hydroxyl groups excluding tert-OH is 1. The van der Waals surface area contributed by atoms with Crippen molar-refractivity contribution in [2.24, 2.45) is 0 Å². The monoisotopic (exact) mass is 256 g/mol. The van der Waals surface area contributed by atoms with E-state index in [0.29, 0.717) is 19.6 Å². The highest BCUT2D eigenvalue weighted by Crippen LogP contribution is 1.94. The zero-order valence-corrected chi connectivity index (χ0v) is 11.4. The van der Waals surface area contributed by atoms with E-state index in [1.54, 1.807) is 14.2 Å². The van der Waals surface area contributed by atoms with Crippen LogP contribution in [0.2, 0.25) is 0 Å². The molecule has 0 amide bonds. The van der Waals surface area contributed by atoms with Gasteiger partial charge in [0, 0.05) is 40.3 Å². The maximum Gasteiger partial charge on any atom is 0.180 e. The Morgan fingerprint density at radius 2 is 1.61 bits per heavy atom. The average molecular weight is 256 g/mol. The molecule has 0 aromatic heterocycles. The molecule has 0 saturated heterocycles. The number of hydrogen-bond acceptors (Lipinski definition) is 4. The highest BCUT2D eigenvalue weighted by Gasteiger charge is 2.03. The van der Waals surface area contributed by atoms with Gasteiger partial charge in [0.15, 0.2) is 6.29 Å². The van der Waals surface area contributed by atoms with Gasteiger partial charge < -0.3 is 19.3 Å². The number of hydrogen-bond donors (Lipinski definition) is 1. The van der Waals surface area contributed by atoms with Gasteiger partial charge in [0.1, 0.15) is 0 Å². The lowest BCUT2D eigenvalue weighted by atomic mass is 10.3. The van der Waals surface area contributed by atoms with E-state index >= 15 is 0 Å². The third-order valence-corrected chi connectivity index (χ3v) is 1.87. The Morgan fingerprint density at radius 1 is 1.06 bits per heavy atom. The van der Waals surface area contributed by atoms with Crippen LogP contribution in [-0.4, -0.2) is 45.4 Å². The summed E-state index contributed by atoms with van der Waals surface area (Å²) in [4.78, 5) is 0. The van der Waals surface area contributed by atoms with Crippen LogP contribution >= 0.6 is 0 Å². The summed E-state index contributed by atoms with van der Waals surface area (Å²) in [5, 5.41) is 8.10. The zero-order valence-electron chi connectivity index (χ0n) is 11.4. The van der Waals surface area contributed by atoms with Gasteiger partial charge in [-0.3, -0.25) is 0 Å². The summed E-state index contributed by atoms with van der Waals surface area (Å²) in [5.41, 5.74) is 0. The molecular formula is C14H24O4. The molecule has 0 aromatic rings. The molecule has 0 aliphatic carbocycles. The smallest absolute Gasteiger partial charge is 0.180 e. The first kappa shape index (κ1) is 19.3. The maximum absolute atomic E-state index is 8.10. The van der Waals surface area contributed by atoms with Gasteiger partial charge in [-0.05, 0) is 12.8 Å². The minimum atomic E-state index is -0.268. The molecule has 0 spiro atoms. The molecule has 0 bridgehead atoms. The van der Waals surface area contributed by atoms with Crippen molar-refractivity contribution in [2.45, 2.75) is 32.0 Å². The van der Waals surface area contributed by atoms with Gasteiger partial charge in [0.25, 0.3) is 0 Å². The molecule has 0 unspecified atom stereocenters. The molecule has 0 heterocycles. The Labute approximate surface area is 111 Å². The molecule has 0 radical (unpaired) electrons. The predicted octanol–water partition coefficient (Wildman–Crippen LogP) is 1.43. The van der Waals surface area contributed by atoms with E-state index in [-0.39, 0.29) is 12.9 Å². The summed E-state index contributed by atoms with van der Waals surface area (Å²) in [5.74, 6) is 4.95. The van der Waals surface area contributed by atoms with Crippen LogP contribution in [0.1, 0.15) is 25.7 Å². The van der Waals surface area contributed by atoms with Crippen LogP contribution in [0.25, 0.3) is 0 Å². The second-order valence-corrected chi connectivity index (χ2v) is 3.31. The highest BCUT2D eigenvalue weighted by molar-refractivity contribution is 4.83. The van der Waals surface area contributed by atoms with Gasteiger partial charge in [-0.15, -0.1) is 24.7 Å². The first-order valence-corrected chi connectivity index (χ1v) is 5.87. The van der Waals surface area contributed by atoms with Crippen LogP contribution in [0.4, 0.5) is 0 Å². The van der Waals surface area contributed by atoms with Crippen molar-refractivity contribution in [3.8, 4) is 24.7 Å². The average Bonchev–Trinajstić information content (AvgIpc) is 2.41. The molecule has 0 aromatic carbocycles. The fourth-order valence-electron chi connectivity index (χ4n) is 0.869. The summed E-state index contributed by atoms with van der Waals surface area (Å²) in [6.45, 7) is 1.33. The van der Waals surface area contributed by atoms with Gasteiger partial charge in [-0.2, -0.15) is 0 Å². The third kappa shape index (κ3) is 17.4. The molecular weight excluding hydrogens is 232 g/mol. The first-order chi connectivity index (χ1) is 8.76. The van der Waals surface area contributed by atoms with Crippen molar-refractivity contribution in [1.82, 2.24) is 0 Å². The van der Waals surface area contributed by atoms with Gasteiger partial charge >= 0.3 is 0 Å². The SMILES string of the molecule is C#CCCCO.C#CCCCOCC(OC)OC. The van der Waals surface area contributed by atoms with Crippen LogP contribution in [0.15, 0.2) is 0 Å². The quantitative estimate of drug-likeness (QED) is 0.385. The highest BCUT2D eigenvalue weighted by atomic mass is 16.7. The van der Waals surface area contributed by atoms with Crippen LogP contribution in [0.5, 0.6) is 0 Å². The Morgan fingerprint density at radius 3 is 2.00 bits per heavy atom. The second-order valence-electron chi connectivity index (χ2n) is 3.31. The van der Waals surface area contributed by atoms with E-state index in [1.807, 2.05) is 0 Å². The van der Waals surface area contributed by atoms with E-state index in [9.17, 15) is 0 Å². The van der Waals surface area contributed by atoms with E-state index in [4.69, 9.17) is 32.2 Å².